The van der Waals surface area contributed by atoms with E-state index in [1.54, 1.807) is 12.1 Å². The van der Waals surface area contributed by atoms with Crippen LogP contribution in [-0.4, -0.2) is 50.2 Å². The van der Waals surface area contributed by atoms with Crippen LogP contribution in [0.3, 0.4) is 0 Å². The molecule has 0 spiro atoms. The fourth-order valence-corrected chi connectivity index (χ4v) is 5.50. The van der Waals surface area contributed by atoms with Gasteiger partial charge in [0.25, 0.3) is 0 Å². The molecule has 3 aromatic rings. The molecule has 4 N–H and O–H groups in total. The van der Waals surface area contributed by atoms with Gasteiger partial charge in [-0.2, -0.15) is 4.72 Å². The average molecular weight is 480 g/mol. The Hall–Kier alpha value is -2.24. The molecule has 0 amide bonds. The normalized spacial score (nSPS) is 12.9. The summed E-state index contributed by atoms with van der Waals surface area (Å²) in [5.74, 6) is 0.0810. The molecule has 1 heterocycles. The number of fused-ring (bicyclic) bond motifs is 1. The van der Waals surface area contributed by atoms with Crippen molar-refractivity contribution in [3.05, 3.63) is 63.3 Å². The van der Waals surface area contributed by atoms with Crippen molar-refractivity contribution in [3.63, 3.8) is 0 Å². The fourth-order valence-electron chi connectivity index (χ4n) is 3.37. The lowest BCUT2D eigenvalue weighted by Crippen LogP contribution is -2.49. The number of aromatic hydroxyl groups is 1. The molecular formula is C22H29N3O5S2. The molecule has 0 fully saturated rings. The van der Waals surface area contributed by atoms with Crippen LogP contribution in [0.5, 0.6) is 5.75 Å². The Morgan fingerprint density at radius 1 is 1.16 bits per heavy atom. The summed E-state index contributed by atoms with van der Waals surface area (Å²) < 4.78 is 33.7. The van der Waals surface area contributed by atoms with E-state index in [1.165, 1.54) is 0 Å². The zero-order valence-corrected chi connectivity index (χ0v) is 19.6. The molecule has 10 heteroatoms. The zero-order chi connectivity index (χ0) is 23.0. The Balaban J connectivity index is 1.58. The number of hydrogen-bond acceptors (Lipinski definition) is 7. The highest BCUT2D eigenvalue weighted by atomic mass is 32.2. The molecule has 32 heavy (non-hydrogen) atoms. The maximum absolute atomic E-state index is 12.3. The predicted molar refractivity (Wildman–Crippen MR) is 128 cm³/mol. The number of sulfonamides is 1. The molecule has 1 unspecified atom stereocenters. The molecule has 0 aliphatic rings. The van der Waals surface area contributed by atoms with Crippen LogP contribution in [0.2, 0.25) is 0 Å². The standard InChI is InChI=1S/C22H29N3O5S2/c1-2-14-32(28,29)25-19(15-30-13-11-16-6-4-3-5-7-16)23-12-10-17-8-9-18(26)20-21(17)31-22(27)24-20/h3-9,19,23,25-26H,2,10-15H2,1H3,(H,24,27). The third-order valence-electron chi connectivity index (χ3n) is 4.88. The van der Waals surface area contributed by atoms with Crippen molar-refractivity contribution < 1.29 is 18.3 Å². The first-order chi connectivity index (χ1) is 15.4. The fraction of sp³-hybridized carbons (Fsp3) is 0.409. The van der Waals surface area contributed by atoms with Crippen LogP contribution >= 0.6 is 11.3 Å². The maximum Gasteiger partial charge on any atom is 0.305 e. The van der Waals surface area contributed by atoms with E-state index in [9.17, 15) is 18.3 Å². The van der Waals surface area contributed by atoms with Crippen molar-refractivity contribution in [1.82, 2.24) is 15.0 Å². The number of benzene rings is 2. The molecule has 0 radical (unpaired) electrons. The third kappa shape index (κ3) is 7.14. The first-order valence-electron chi connectivity index (χ1n) is 10.6. The third-order valence-corrected chi connectivity index (χ3v) is 7.43. The van der Waals surface area contributed by atoms with Crippen LogP contribution < -0.4 is 14.9 Å². The molecule has 0 saturated heterocycles. The Morgan fingerprint density at radius 2 is 1.94 bits per heavy atom. The number of H-pyrrole nitrogens is 1. The molecule has 3 rings (SSSR count). The monoisotopic (exact) mass is 479 g/mol. The van der Waals surface area contributed by atoms with Crippen LogP contribution in [0.4, 0.5) is 0 Å². The van der Waals surface area contributed by atoms with Gasteiger partial charge in [-0.15, -0.1) is 0 Å². The van der Waals surface area contributed by atoms with Crippen LogP contribution in [0, 0.1) is 0 Å². The summed E-state index contributed by atoms with van der Waals surface area (Å²) in [6.07, 6.45) is 1.25. The predicted octanol–water partition coefficient (Wildman–Crippen LogP) is 2.34. The Bertz CT molecular complexity index is 1160. The highest BCUT2D eigenvalue weighted by Crippen LogP contribution is 2.27. The van der Waals surface area contributed by atoms with E-state index in [4.69, 9.17) is 4.74 Å². The Morgan fingerprint density at radius 3 is 2.69 bits per heavy atom. The first-order valence-corrected chi connectivity index (χ1v) is 13.0. The van der Waals surface area contributed by atoms with Crippen molar-refractivity contribution in [2.75, 3.05) is 25.5 Å². The zero-order valence-electron chi connectivity index (χ0n) is 18.0. The molecule has 0 aliphatic heterocycles. The molecule has 0 bridgehead atoms. The van der Waals surface area contributed by atoms with E-state index in [1.807, 2.05) is 37.3 Å². The van der Waals surface area contributed by atoms with Crippen LogP contribution in [-0.2, 0) is 27.6 Å². The van der Waals surface area contributed by atoms with Gasteiger partial charge in [-0.3, -0.25) is 10.1 Å². The van der Waals surface area contributed by atoms with Crippen molar-refractivity contribution in [1.29, 1.82) is 0 Å². The van der Waals surface area contributed by atoms with Gasteiger partial charge in [0.2, 0.25) is 10.0 Å². The minimum atomic E-state index is -3.42. The Labute approximate surface area is 191 Å². The summed E-state index contributed by atoms with van der Waals surface area (Å²) in [6, 6.07) is 13.3. The molecule has 0 aliphatic carbocycles. The molecule has 2 aromatic carbocycles. The number of nitrogens with one attached hydrogen (secondary N) is 3. The van der Waals surface area contributed by atoms with Gasteiger partial charge >= 0.3 is 4.87 Å². The van der Waals surface area contributed by atoms with Gasteiger partial charge in [0, 0.05) is 6.54 Å². The molecule has 0 saturated carbocycles. The lowest BCUT2D eigenvalue weighted by atomic mass is 10.1. The number of aromatic nitrogens is 1. The Kier molecular flexibility index (Phi) is 8.83. The van der Waals surface area contributed by atoms with Gasteiger partial charge in [-0.05, 0) is 36.5 Å². The van der Waals surface area contributed by atoms with E-state index >= 15 is 0 Å². The van der Waals surface area contributed by atoms with Crippen LogP contribution in [0.1, 0.15) is 24.5 Å². The second kappa shape index (κ2) is 11.6. The van der Waals surface area contributed by atoms with Crippen LogP contribution in [0.15, 0.2) is 47.3 Å². The topological polar surface area (TPSA) is 121 Å². The summed E-state index contributed by atoms with van der Waals surface area (Å²) in [4.78, 5) is 14.1. The van der Waals surface area contributed by atoms with Gasteiger partial charge in [0.15, 0.2) is 0 Å². The van der Waals surface area contributed by atoms with Gasteiger partial charge in [0.05, 0.1) is 29.8 Å². The highest BCUT2D eigenvalue weighted by molar-refractivity contribution is 7.89. The molecule has 1 atom stereocenters. The van der Waals surface area contributed by atoms with Gasteiger partial charge in [-0.1, -0.05) is 54.7 Å². The summed E-state index contributed by atoms with van der Waals surface area (Å²) >= 11 is 1.05. The van der Waals surface area contributed by atoms with Gasteiger partial charge in [0.1, 0.15) is 11.3 Å². The van der Waals surface area contributed by atoms with E-state index < -0.39 is 16.2 Å². The van der Waals surface area contributed by atoms with E-state index in [0.29, 0.717) is 36.2 Å². The number of thiazole rings is 1. The largest absolute Gasteiger partial charge is 0.506 e. The molecule has 174 valence electrons. The number of phenols is 1. The molecular weight excluding hydrogens is 450 g/mol. The second-order valence-corrected chi connectivity index (χ2v) is 10.3. The van der Waals surface area contributed by atoms with E-state index in [-0.39, 0.29) is 23.0 Å². The van der Waals surface area contributed by atoms with E-state index in [0.717, 1.165) is 28.9 Å². The lowest BCUT2D eigenvalue weighted by Gasteiger charge is -2.20. The summed E-state index contributed by atoms with van der Waals surface area (Å²) in [7, 11) is -3.42. The van der Waals surface area contributed by atoms with Gasteiger partial charge in [-0.25, -0.2) is 8.42 Å². The van der Waals surface area contributed by atoms with Crippen molar-refractivity contribution >= 4 is 31.6 Å². The number of aromatic amines is 1. The summed E-state index contributed by atoms with van der Waals surface area (Å²) in [5, 5.41) is 13.1. The van der Waals surface area contributed by atoms with Crippen molar-refractivity contribution in [3.8, 4) is 5.75 Å². The number of phenolic OH excluding ortho intramolecular Hbond substituents is 1. The SMILES string of the molecule is CCCS(=O)(=O)NC(COCCc1ccccc1)NCCc1ccc(O)c2[nH]c(=O)sc12. The number of ether oxygens (including phenoxy) is 1. The lowest BCUT2D eigenvalue weighted by molar-refractivity contribution is 0.111. The van der Waals surface area contributed by atoms with Crippen molar-refractivity contribution in [2.24, 2.45) is 0 Å². The summed E-state index contributed by atoms with van der Waals surface area (Å²) in [6.45, 7) is 2.95. The minimum absolute atomic E-state index is 0.0343. The van der Waals surface area contributed by atoms with Gasteiger partial charge < -0.3 is 14.8 Å². The quantitative estimate of drug-likeness (QED) is 0.221. The maximum atomic E-state index is 12.3. The second-order valence-electron chi connectivity index (χ2n) is 7.47. The van der Waals surface area contributed by atoms with Crippen LogP contribution in [0.25, 0.3) is 10.2 Å². The molecule has 1 aromatic heterocycles. The first kappa shape index (κ1) is 24.4. The minimum Gasteiger partial charge on any atom is -0.506 e. The number of hydrogen-bond donors (Lipinski definition) is 4. The molecule has 8 nitrogen and oxygen atoms in total. The number of rotatable bonds is 13. The smallest absolute Gasteiger partial charge is 0.305 e. The van der Waals surface area contributed by atoms with E-state index in [2.05, 4.69) is 15.0 Å². The summed E-state index contributed by atoms with van der Waals surface area (Å²) in [5.41, 5.74) is 2.49. The van der Waals surface area contributed by atoms with Crippen molar-refractivity contribution in [2.45, 2.75) is 32.4 Å². The highest BCUT2D eigenvalue weighted by Gasteiger charge is 2.17. The average Bonchev–Trinajstić information content (AvgIpc) is 3.15.